The lowest BCUT2D eigenvalue weighted by Crippen LogP contribution is -2.33. The molecule has 2 heterocycles. The maximum atomic E-state index is 10.8. The molecule has 98 valence electrons. The smallest absolute Gasteiger partial charge is 0.150 e. The van der Waals surface area contributed by atoms with E-state index in [4.69, 9.17) is 11.6 Å². The number of anilines is 1. The van der Waals surface area contributed by atoms with Crippen LogP contribution in [-0.2, 0) is 6.42 Å². The second-order valence-corrected chi connectivity index (χ2v) is 6.16. The van der Waals surface area contributed by atoms with Crippen LogP contribution in [0.5, 0.6) is 0 Å². The molecule has 0 bridgehead atoms. The van der Waals surface area contributed by atoms with Crippen molar-refractivity contribution in [2.24, 2.45) is 0 Å². The standard InChI is InChI=1S/C15H14ClNOS/c1-10-12-5-7-19-15(12)4-6-17(10)14-3-2-11(9-18)8-13(14)16/h2-3,5,7-10H,4,6H2,1H3. The number of carbonyl (C=O) groups excluding carboxylic acids is 1. The number of halogens is 1. The molecule has 2 nitrogen and oxygen atoms in total. The predicted molar refractivity (Wildman–Crippen MR) is 80.6 cm³/mol. The predicted octanol–water partition coefficient (Wildman–Crippen LogP) is 4.34. The van der Waals surface area contributed by atoms with Gasteiger partial charge in [-0.15, -0.1) is 11.3 Å². The number of hydrogen-bond acceptors (Lipinski definition) is 3. The van der Waals surface area contributed by atoms with Gasteiger partial charge in [0.25, 0.3) is 0 Å². The molecule has 1 aromatic heterocycles. The molecule has 1 aliphatic heterocycles. The summed E-state index contributed by atoms with van der Waals surface area (Å²) in [6.07, 6.45) is 1.88. The first kappa shape index (κ1) is 12.7. The number of hydrogen-bond donors (Lipinski definition) is 0. The summed E-state index contributed by atoms with van der Waals surface area (Å²) in [5, 5.41) is 2.80. The highest BCUT2D eigenvalue weighted by molar-refractivity contribution is 7.10. The van der Waals surface area contributed by atoms with Gasteiger partial charge >= 0.3 is 0 Å². The van der Waals surface area contributed by atoms with Gasteiger partial charge < -0.3 is 4.90 Å². The number of fused-ring (bicyclic) bond motifs is 1. The quantitative estimate of drug-likeness (QED) is 0.767. The van der Waals surface area contributed by atoms with Crippen molar-refractivity contribution >= 4 is 34.9 Å². The zero-order chi connectivity index (χ0) is 13.4. The Morgan fingerprint density at radius 3 is 3.00 bits per heavy atom. The van der Waals surface area contributed by atoms with Gasteiger partial charge in [0.15, 0.2) is 0 Å². The van der Waals surface area contributed by atoms with Crippen molar-refractivity contribution in [2.75, 3.05) is 11.4 Å². The van der Waals surface area contributed by atoms with E-state index in [1.54, 1.807) is 6.07 Å². The van der Waals surface area contributed by atoms with Crippen molar-refractivity contribution in [3.05, 3.63) is 50.7 Å². The Labute approximate surface area is 121 Å². The van der Waals surface area contributed by atoms with Gasteiger partial charge in [0.05, 0.1) is 16.8 Å². The molecule has 19 heavy (non-hydrogen) atoms. The molecule has 0 spiro atoms. The first-order chi connectivity index (χ1) is 9.20. The van der Waals surface area contributed by atoms with Crippen LogP contribution in [0.4, 0.5) is 5.69 Å². The number of aldehydes is 1. The summed E-state index contributed by atoms with van der Waals surface area (Å²) >= 11 is 8.14. The van der Waals surface area contributed by atoms with E-state index in [0.717, 1.165) is 24.9 Å². The molecular weight excluding hydrogens is 278 g/mol. The average Bonchev–Trinajstić information content (AvgIpc) is 2.89. The maximum absolute atomic E-state index is 10.8. The Balaban J connectivity index is 1.98. The van der Waals surface area contributed by atoms with E-state index < -0.39 is 0 Å². The SMILES string of the molecule is CC1c2ccsc2CCN1c1ccc(C=O)cc1Cl. The number of benzene rings is 1. The minimum Gasteiger partial charge on any atom is -0.363 e. The Morgan fingerprint density at radius 2 is 2.26 bits per heavy atom. The van der Waals surface area contributed by atoms with Gasteiger partial charge in [-0.1, -0.05) is 11.6 Å². The fourth-order valence-corrected chi connectivity index (χ4v) is 3.93. The zero-order valence-corrected chi connectivity index (χ0v) is 12.2. The van der Waals surface area contributed by atoms with E-state index in [2.05, 4.69) is 23.3 Å². The Bertz CT molecular complexity index is 622. The molecular formula is C15H14ClNOS. The normalized spacial score (nSPS) is 18.2. The molecule has 3 rings (SSSR count). The van der Waals surface area contributed by atoms with Crippen LogP contribution in [0.15, 0.2) is 29.6 Å². The average molecular weight is 292 g/mol. The fourth-order valence-electron chi connectivity index (χ4n) is 2.67. The highest BCUT2D eigenvalue weighted by atomic mass is 35.5. The Hall–Kier alpha value is -1.32. The summed E-state index contributed by atoms with van der Waals surface area (Å²) in [5.41, 5.74) is 3.03. The van der Waals surface area contributed by atoms with Gasteiger partial charge in [0.1, 0.15) is 6.29 Å². The van der Waals surface area contributed by atoms with E-state index in [1.165, 1.54) is 10.4 Å². The lowest BCUT2D eigenvalue weighted by molar-refractivity contribution is 0.112. The number of rotatable bonds is 2. The third-order valence-corrected chi connectivity index (χ3v) is 4.99. The number of thiophene rings is 1. The van der Waals surface area contributed by atoms with E-state index in [0.29, 0.717) is 16.6 Å². The minimum absolute atomic E-state index is 0.328. The second kappa shape index (κ2) is 4.99. The Morgan fingerprint density at radius 1 is 1.42 bits per heavy atom. The largest absolute Gasteiger partial charge is 0.363 e. The van der Waals surface area contributed by atoms with Gasteiger partial charge in [-0.25, -0.2) is 0 Å². The van der Waals surface area contributed by atoms with Crippen LogP contribution in [0.25, 0.3) is 0 Å². The van der Waals surface area contributed by atoms with E-state index in [9.17, 15) is 4.79 Å². The molecule has 0 N–H and O–H groups in total. The molecule has 0 fully saturated rings. The van der Waals surface area contributed by atoms with E-state index in [-0.39, 0.29) is 0 Å². The van der Waals surface area contributed by atoms with Crippen molar-refractivity contribution in [1.82, 2.24) is 0 Å². The zero-order valence-electron chi connectivity index (χ0n) is 10.6. The third-order valence-electron chi connectivity index (χ3n) is 3.69. The van der Waals surface area contributed by atoms with Crippen molar-refractivity contribution in [1.29, 1.82) is 0 Å². The lowest BCUT2D eigenvalue weighted by Gasteiger charge is -2.36. The summed E-state index contributed by atoms with van der Waals surface area (Å²) < 4.78 is 0. The molecule has 0 radical (unpaired) electrons. The summed E-state index contributed by atoms with van der Waals surface area (Å²) in [7, 11) is 0. The number of carbonyl (C=O) groups is 1. The summed E-state index contributed by atoms with van der Waals surface area (Å²) in [5.74, 6) is 0. The molecule has 1 aromatic carbocycles. The molecule has 0 saturated carbocycles. The van der Waals surface area contributed by atoms with Crippen LogP contribution in [0.1, 0.15) is 33.8 Å². The number of nitrogens with zero attached hydrogens (tertiary/aromatic N) is 1. The van der Waals surface area contributed by atoms with Crippen molar-refractivity contribution < 1.29 is 4.79 Å². The minimum atomic E-state index is 0.328. The monoisotopic (exact) mass is 291 g/mol. The highest BCUT2D eigenvalue weighted by Crippen LogP contribution is 2.38. The van der Waals surface area contributed by atoms with Crippen LogP contribution < -0.4 is 4.90 Å². The molecule has 0 amide bonds. The van der Waals surface area contributed by atoms with Gasteiger partial charge in [-0.05, 0) is 48.6 Å². The van der Waals surface area contributed by atoms with Gasteiger partial charge in [-0.2, -0.15) is 0 Å². The molecule has 0 saturated heterocycles. The highest BCUT2D eigenvalue weighted by Gasteiger charge is 2.26. The fraction of sp³-hybridized carbons (Fsp3) is 0.267. The summed E-state index contributed by atoms with van der Waals surface area (Å²) in [6.45, 7) is 3.17. The third kappa shape index (κ3) is 2.17. The van der Waals surface area contributed by atoms with Gasteiger partial charge in [0, 0.05) is 17.0 Å². The van der Waals surface area contributed by atoms with Crippen LogP contribution in [0, 0.1) is 0 Å². The summed E-state index contributed by atoms with van der Waals surface area (Å²) in [4.78, 5) is 14.6. The first-order valence-corrected chi connectivity index (χ1v) is 7.54. The molecule has 1 unspecified atom stereocenters. The van der Waals surface area contributed by atoms with Crippen LogP contribution in [0.3, 0.4) is 0 Å². The lowest BCUT2D eigenvalue weighted by atomic mass is 10.0. The van der Waals surface area contributed by atoms with E-state index in [1.807, 2.05) is 23.5 Å². The molecule has 1 atom stereocenters. The van der Waals surface area contributed by atoms with Crippen molar-refractivity contribution in [2.45, 2.75) is 19.4 Å². The molecule has 1 aliphatic rings. The second-order valence-electron chi connectivity index (χ2n) is 4.75. The van der Waals surface area contributed by atoms with Gasteiger partial charge in [0.2, 0.25) is 0 Å². The van der Waals surface area contributed by atoms with Crippen LogP contribution in [0.2, 0.25) is 5.02 Å². The van der Waals surface area contributed by atoms with Crippen molar-refractivity contribution in [3.8, 4) is 0 Å². The summed E-state index contributed by atoms with van der Waals surface area (Å²) in [6, 6.07) is 8.03. The van der Waals surface area contributed by atoms with E-state index >= 15 is 0 Å². The Kier molecular flexibility index (Phi) is 3.33. The van der Waals surface area contributed by atoms with Crippen LogP contribution in [-0.4, -0.2) is 12.8 Å². The van der Waals surface area contributed by atoms with Gasteiger partial charge in [-0.3, -0.25) is 4.79 Å². The molecule has 2 aromatic rings. The molecule has 4 heteroatoms. The first-order valence-electron chi connectivity index (χ1n) is 6.28. The van der Waals surface area contributed by atoms with Crippen LogP contribution >= 0.6 is 22.9 Å². The maximum Gasteiger partial charge on any atom is 0.150 e. The topological polar surface area (TPSA) is 20.3 Å². The van der Waals surface area contributed by atoms with Crippen molar-refractivity contribution in [3.63, 3.8) is 0 Å². The molecule has 0 aliphatic carbocycles.